The molecule has 1 aromatic rings. The second-order valence-corrected chi connectivity index (χ2v) is 3.64. The van der Waals surface area contributed by atoms with Crippen molar-refractivity contribution < 1.29 is 14.4 Å². The Labute approximate surface area is 94.5 Å². The molecule has 0 radical (unpaired) electrons. The van der Waals surface area contributed by atoms with Crippen LogP contribution in [0.2, 0.25) is 0 Å². The van der Waals surface area contributed by atoms with Gasteiger partial charge in [-0.2, -0.15) is 0 Å². The minimum absolute atomic E-state index is 0.185. The monoisotopic (exact) mass is 218 g/mol. The number of hydrogen-bond donors (Lipinski definition) is 0. The maximum atomic E-state index is 12.0. The van der Waals surface area contributed by atoms with Gasteiger partial charge in [0.25, 0.3) is 0 Å². The van der Waals surface area contributed by atoms with Crippen molar-refractivity contribution in [3.63, 3.8) is 0 Å². The van der Waals surface area contributed by atoms with E-state index < -0.39 is 5.92 Å². The summed E-state index contributed by atoms with van der Waals surface area (Å²) in [6.07, 6.45) is 1.27. The molecule has 1 unspecified atom stereocenters. The molecule has 1 aromatic carbocycles. The molecule has 0 aliphatic heterocycles. The molecule has 0 bridgehead atoms. The zero-order valence-electron chi connectivity index (χ0n) is 9.18. The quantitative estimate of drug-likeness (QED) is 0.417. The first-order chi connectivity index (χ1) is 7.66. The standard InChI is InChI=1S/C13H14O3/c1-10(15)12(8-5-9-14)13(16)11-6-3-2-4-7-11/h2-4,6-7,9,12H,5,8H2,1H3. The third-order valence-electron chi connectivity index (χ3n) is 2.44. The van der Waals surface area contributed by atoms with Gasteiger partial charge in [-0.05, 0) is 13.3 Å². The predicted octanol–water partition coefficient (Wildman–Crippen LogP) is 2.05. The lowest BCUT2D eigenvalue weighted by Crippen LogP contribution is -2.22. The van der Waals surface area contributed by atoms with Gasteiger partial charge in [-0.1, -0.05) is 30.3 Å². The summed E-state index contributed by atoms with van der Waals surface area (Å²) < 4.78 is 0. The predicted molar refractivity (Wildman–Crippen MR) is 60.2 cm³/mol. The van der Waals surface area contributed by atoms with E-state index in [0.29, 0.717) is 12.0 Å². The van der Waals surface area contributed by atoms with Crippen LogP contribution in [0.3, 0.4) is 0 Å². The highest BCUT2D eigenvalue weighted by Gasteiger charge is 2.23. The van der Waals surface area contributed by atoms with Gasteiger partial charge in [-0.3, -0.25) is 9.59 Å². The molecular formula is C13H14O3. The Hall–Kier alpha value is -1.77. The summed E-state index contributed by atoms with van der Waals surface area (Å²) in [5.41, 5.74) is 0.522. The van der Waals surface area contributed by atoms with E-state index in [1.807, 2.05) is 6.07 Å². The number of hydrogen-bond acceptors (Lipinski definition) is 3. The van der Waals surface area contributed by atoms with Gasteiger partial charge in [0, 0.05) is 12.0 Å². The van der Waals surface area contributed by atoms with Crippen molar-refractivity contribution >= 4 is 17.9 Å². The van der Waals surface area contributed by atoms with Crippen LogP contribution in [0.15, 0.2) is 30.3 Å². The van der Waals surface area contributed by atoms with Gasteiger partial charge in [0.15, 0.2) is 5.78 Å². The van der Waals surface area contributed by atoms with Gasteiger partial charge in [0.05, 0.1) is 5.92 Å². The van der Waals surface area contributed by atoms with Gasteiger partial charge in [-0.25, -0.2) is 0 Å². The molecule has 0 spiro atoms. The third-order valence-corrected chi connectivity index (χ3v) is 2.44. The fourth-order valence-electron chi connectivity index (χ4n) is 1.56. The van der Waals surface area contributed by atoms with E-state index in [1.54, 1.807) is 24.3 Å². The molecule has 0 aliphatic rings. The van der Waals surface area contributed by atoms with E-state index in [9.17, 15) is 14.4 Å². The number of benzene rings is 1. The second-order valence-electron chi connectivity index (χ2n) is 3.64. The minimum atomic E-state index is -0.687. The first-order valence-electron chi connectivity index (χ1n) is 5.20. The molecule has 0 N–H and O–H groups in total. The lowest BCUT2D eigenvalue weighted by Gasteiger charge is -2.10. The molecule has 0 amide bonds. The van der Waals surface area contributed by atoms with Crippen LogP contribution in [0.25, 0.3) is 0 Å². The number of ketones is 2. The zero-order valence-corrected chi connectivity index (χ0v) is 9.18. The number of Topliss-reactive ketones (excluding diaryl/α,β-unsaturated/α-hetero) is 2. The third kappa shape index (κ3) is 3.12. The molecule has 0 aliphatic carbocycles. The lowest BCUT2D eigenvalue weighted by molar-refractivity contribution is -0.119. The number of rotatable bonds is 6. The van der Waals surface area contributed by atoms with Crippen molar-refractivity contribution in [2.45, 2.75) is 19.8 Å². The molecule has 1 atom stereocenters. The van der Waals surface area contributed by atoms with Gasteiger partial charge < -0.3 is 4.79 Å². The maximum absolute atomic E-state index is 12.0. The van der Waals surface area contributed by atoms with Crippen LogP contribution in [0.4, 0.5) is 0 Å². The van der Waals surface area contributed by atoms with Crippen LogP contribution >= 0.6 is 0 Å². The molecule has 3 nitrogen and oxygen atoms in total. The second kappa shape index (κ2) is 5.95. The van der Waals surface area contributed by atoms with Crippen molar-refractivity contribution in [3.05, 3.63) is 35.9 Å². The zero-order chi connectivity index (χ0) is 12.0. The van der Waals surface area contributed by atoms with Crippen molar-refractivity contribution in [2.24, 2.45) is 5.92 Å². The fraction of sp³-hybridized carbons (Fsp3) is 0.308. The lowest BCUT2D eigenvalue weighted by atomic mass is 9.90. The smallest absolute Gasteiger partial charge is 0.173 e. The first kappa shape index (κ1) is 12.3. The average Bonchev–Trinajstić information content (AvgIpc) is 2.30. The van der Waals surface area contributed by atoms with Crippen LogP contribution in [-0.2, 0) is 9.59 Å². The molecule has 1 rings (SSSR count). The van der Waals surface area contributed by atoms with Crippen molar-refractivity contribution in [3.8, 4) is 0 Å². The molecule has 16 heavy (non-hydrogen) atoms. The summed E-state index contributed by atoms with van der Waals surface area (Å²) >= 11 is 0. The highest BCUT2D eigenvalue weighted by Crippen LogP contribution is 2.14. The Balaban J connectivity index is 2.83. The van der Waals surface area contributed by atoms with E-state index in [4.69, 9.17) is 0 Å². The van der Waals surface area contributed by atoms with Gasteiger partial charge in [0.1, 0.15) is 12.1 Å². The molecule has 0 saturated carbocycles. The van der Waals surface area contributed by atoms with Crippen LogP contribution in [0, 0.1) is 5.92 Å². The van der Waals surface area contributed by atoms with E-state index in [2.05, 4.69) is 0 Å². The van der Waals surface area contributed by atoms with E-state index in [1.165, 1.54) is 6.92 Å². The average molecular weight is 218 g/mol. The van der Waals surface area contributed by atoms with E-state index in [-0.39, 0.29) is 18.0 Å². The van der Waals surface area contributed by atoms with Crippen molar-refractivity contribution in [2.75, 3.05) is 0 Å². The molecular weight excluding hydrogens is 204 g/mol. The number of carbonyl (C=O) groups is 3. The van der Waals surface area contributed by atoms with Crippen molar-refractivity contribution in [1.29, 1.82) is 0 Å². The molecule has 0 fully saturated rings. The largest absolute Gasteiger partial charge is 0.303 e. The summed E-state index contributed by atoms with van der Waals surface area (Å²) in [4.78, 5) is 33.6. The Morgan fingerprint density at radius 2 is 1.88 bits per heavy atom. The van der Waals surface area contributed by atoms with Gasteiger partial charge in [0.2, 0.25) is 0 Å². The van der Waals surface area contributed by atoms with Crippen LogP contribution < -0.4 is 0 Å². The van der Waals surface area contributed by atoms with Gasteiger partial charge >= 0.3 is 0 Å². The molecule has 0 aromatic heterocycles. The Bertz CT molecular complexity index is 381. The summed E-state index contributed by atoms with van der Waals surface area (Å²) in [6, 6.07) is 8.68. The van der Waals surface area contributed by atoms with Crippen LogP contribution in [0.1, 0.15) is 30.1 Å². The molecule has 0 heterocycles. The van der Waals surface area contributed by atoms with Crippen molar-refractivity contribution in [1.82, 2.24) is 0 Å². The summed E-state index contributed by atoms with van der Waals surface area (Å²) in [7, 11) is 0. The Morgan fingerprint density at radius 3 is 2.38 bits per heavy atom. The molecule has 84 valence electrons. The van der Waals surface area contributed by atoms with Crippen LogP contribution in [-0.4, -0.2) is 17.9 Å². The highest BCUT2D eigenvalue weighted by atomic mass is 16.1. The van der Waals surface area contributed by atoms with Crippen LogP contribution in [0.5, 0.6) is 0 Å². The minimum Gasteiger partial charge on any atom is -0.303 e. The molecule has 3 heteroatoms. The summed E-state index contributed by atoms with van der Waals surface area (Å²) in [5.74, 6) is -1.07. The number of aldehydes is 1. The SMILES string of the molecule is CC(=O)C(CCC=O)C(=O)c1ccccc1. The number of carbonyl (C=O) groups excluding carboxylic acids is 3. The van der Waals surface area contributed by atoms with Gasteiger partial charge in [-0.15, -0.1) is 0 Å². The summed E-state index contributed by atoms with van der Waals surface area (Å²) in [5, 5.41) is 0. The topological polar surface area (TPSA) is 51.2 Å². The normalized spacial score (nSPS) is 11.8. The summed E-state index contributed by atoms with van der Waals surface area (Å²) in [6.45, 7) is 1.39. The Kier molecular flexibility index (Phi) is 4.58. The highest BCUT2D eigenvalue weighted by molar-refractivity contribution is 6.10. The Morgan fingerprint density at radius 1 is 1.25 bits per heavy atom. The van der Waals surface area contributed by atoms with E-state index >= 15 is 0 Å². The molecule has 0 saturated heterocycles. The maximum Gasteiger partial charge on any atom is 0.173 e. The van der Waals surface area contributed by atoms with E-state index in [0.717, 1.165) is 6.29 Å². The fourth-order valence-corrected chi connectivity index (χ4v) is 1.56. The first-order valence-corrected chi connectivity index (χ1v) is 5.20.